The zero-order valence-corrected chi connectivity index (χ0v) is 7.09. The third-order valence-corrected chi connectivity index (χ3v) is 2.87. The Labute approximate surface area is 73.0 Å². The predicted molar refractivity (Wildman–Crippen MR) is 50.4 cm³/mol. The molecule has 1 radical (unpaired) electrons. The first kappa shape index (κ1) is 6.53. The molecule has 0 unspecified atom stereocenters. The van der Waals surface area contributed by atoms with Gasteiger partial charge in [-0.25, -0.2) is 0 Å². The van der Waals surface area contributed by atoms with Gasteiger partial charge in [-0.2, -0.15) is 0 Å². The van der Waals surface area contributed by atoms with Crippen molar-refractivity contribution in [3.05, 3.63) is 35.7 Å². The Morgan fingerprint density at radius 3 is 3.25 bits per heavy atom. The molecule has 3 rings (SSSR count). The van der Waals surface area contributed by atoms with Crippen LogP contribution in [0.3, 0.4) is 0 Å². The molecule has 1 nitrogen and oxygen atoms in total. The largest absolute Gasteiger partial charge is 0.370 e. The molecule has 0 saturated heterocycles. The van der Waals surface area contributed by atoms with Crippen molar-refractivity contribution in [2.75, 3.05) is 18.0 Å². The molecule has 0 amide bonds. The van der Waals surface area contributed by atoms with Gasteiger partial charge < -0.3 is 4.90 Å². The summed E-state index contributed by atoms with van der Waals surface area (Å²) in [5, 5.41) is 0. The van der Waals surface area contributed by atoms with E-state index in [1.807, 2.05) is 0 Å². The molecule has 2 heterocycles. The van der Waals surface area contributed by atoms with Crippen LogP contribution in [0, 0.1) is 6.42 Å². The number of rotatable bonds is 0. The van der Waals surface area contributed by atoms with E-state index in [1.165, 1.54) is 30.6 Å². The van der Waals surface area contributed by atoms with Gasteiger partial charge in [0.2, 0.25) is 0 Å². The Hall–Kier alpha value is -0.980. The van der Waals surface area contributed by atoms with Crippen LogP contribution in [0.2, 0.25) is 0 Å². The maximum Gasteiger partial charge on any atom is 0.0435 e. The lowest BCUT2D eigenvalue weighted by Crippen LogP contribution is -2.26. The Kier molecular flexibility index (Phi) is 1.23. The quantitative estimate of drug-likeness (QED) is 0.558. The number of anilines is 1. The molecule has 2 aliphatic heterocycles. The molecule has 1 aromatic rings. The first-order valence-electron chi connectivity index (χ1n) is 4.65. The normalized spacial score (nSPS) is 19.5. The van der Waals surface area contributed by atoms with Crippen LogP contribution in [-0.2, 0) is 6.42 Å². The minimum absolute atomic E-state index is 1.13. The van der Waals surface area contributed by atoms with Crippen molar-refractivity contribution >= 4 is 5.69 Å². The highest BCUT2D eigenvalue weighted by Gasteiger charge is 2.24. The Balaban J connectivity index is 2.23. The van der Waals surface area contributed by atoms with Gasteiger partial charge in [0.25, 0.3) is 0 Å². The average Bonchev–Trinajstić information content (AvgIpc) is 2.52. The summed E-state index contributed by atoms with van der Waals surface area (Å²) in [7, 11) is 0. The second-order valence-corrected chi connectivity index (χ2v) is 3.61. The standard InChI is InChI=1S/C11H12N/c1-3-9-5-2-7-12-8-6-10(4-1)11(9)12/h1,3-4,6H,2,5,7-8H2. The van der Waals surface area contributed by atoms with Crippen LogP contribution in [-0.4, -0.2) is 13.1 Å². The van der Waals surface area contributed by atoms with E-state index in [2.05, 4.69) is 29.5 Å². The van der Waals surface area contributed by atoms with Crippen LogP contribution in [0.25, 0.3) is 0 Å². The molecule has 1 aromatic carbocycles. The van der Waals surface area contributed by atoms with Crippen LogP contribution in [0.5, 0.6) is 0 Å². The molecule has 1 heteroatoms. The lowest BCUT2D eigenvalue weighted by molar-refractivity contribution is 0.732. The second-order valence-electron chi connectivity index (χ2n) is 3.61. The topological polar surface area (TPSA) is 3.24 Å². The minimum Gasteiger partial charge on any atom is -0.370 e. The fourth-order valence-electron chi connectivity index (χ4n) is 2.33. The molecule has 0 atom stereocenters. The number of hydrogen-bond acceptors (Lipinski definition) is 1. The van der Waals surface area contributed by atoms with Gasteiger partial charge in [-0.1, -0.05) is 18.2 Å². The summed E-state index contributed by atoms with van der Waals surface area (Å²) in [6, 6.07) is 6.67. The predicted octanol–water partition coefficient (Wildman–Crippen LogP) is 2.01. The van der Waals surface area contributed by atoms with Crippen molar-refractivity contribution in [1.29, 1.82) is 0 Å². The zero-order valence-electron chi connectivity index (χ0n) is 7.09. The first-order valence-corrected chi connectivity index (χ1v) is 4.65. The Bertz CT molecular complexity index is 317. The summed E-state index contributed by atoms with van der Waals surface area (Å²) < 4.78 is 0. The molecule has 12 heavy (non-hydrogen) atoms. The third kappa shape index (κ3) is 0.739. The molecule has 0 N–H and O–H groups in total. The first-order chi connectivity index (χ1) is 5.95. The van der Waals surface area contributed by atoms with Crippen molar-refractivity contribution in [2.45, 2.75) is 12.8 Å². The zero-order chi connectivity index (χ0) is 7.97. The highest BCUT2D eigenvalue weighted by Crippen LogP contribution is 2.36. The number of benzene rings is 1. The molecule has 0 spiro atoms. The molecule has 0 aliphatic carbocycles. The van der Waals surface area contributed by atoms with Crippen molar-refractivity contribution in [2.24, 2.45) is 0 Å². The van der Waals surface area contributed by atoms with E-state index in [1.54, 1.807) is 5.56 Å². The third-order valence-electron chi connectivity index (χ3n) is 2.87. The van der Waals surface area contributed by atoms with Gasteiger partial charge >= 0.3 is 0 Å². The van der Waals surface area contributed by atoms with Gasteiger partial charge in [0.1, 0.15) is 0 Å². The fourth-order valence-corrected chi connectivity index (χ4v) is 2.33. The van der Waals surface area contributed by atoms with Crippen molar-refractivity contribution < 1.29 is 0 Å². The van der Waals surface area contributed by atoms with Gasteiger partial charge in [0.05, 0.1) is 0 Å². The summed E-state index contributed by atoms with van der Waals surface area (Å²) in [5.74, 6) is 0. The molecule has 61 valence electrons. The maximum atomic E-state index is 2.49. The van der Waals surface area contributed by atoms with Crippen LogP contribution in [0.15, 0.2) is 18.2 Å². The van der Waals surface area contributed by atoms with Gasteiger partial charge in [0.15, 0.2) is 0 Å². The highest BCUT2D eigenvalue weighted by molar-refractivity contribution is 5.68. The highest BCUT2D eigenvalue weighted by atomic mass is 15.2. The van der Waals surface area contributed by atoms with Crippen LogP contribution >= 0.6 is 0 Å². The Morgan fingerprint density at radius 1 is 1.25 bits per heavy atom. The lowest BCUT2D eigenvalue weighted by Gasteiger charge is -2.26. The molecular weight excluding hydrogens is 146 g/mol. The smallest absolute Gasteiger partial charge is 0.0435 e. The molecule has 0 saturated carbocycles. The minimum atomic E-state index is 1.13. The van der Waals surface area contributed by atoms with Crippen LogP contribution in [0.1, 0.15) is 17.5 Å². The summed E-state index contributed by atoms with van der Waals surface area (Å²) in [6.45, 7) is 2.38. The van der Waals surface area contributed by atoms with E-state index in [-0.39, 0.29) is 0 Å². The van der Waals surface area contributed by atoms with Crippen molar-refractivity contribution in [1.82, 2.24) is 0 Å². The van der Waals surface area contributed by atoms with E-state index < -0.39 is 0 Å². The van der Waals surface area contributed by atoms with Crippen LogP contribution < -0.4 is 4.90 Å². The van der Waals surface area contributed by atoms with Crippen molar-refractivity contribution in [3.8, 4) is 0 Å². The fraction of sp³-hybridized carbons (Fsp3) is 0.364. The SMILES string of the molecule is [CH]1CN2CCCc3cccc1c32. The van der Waals surface area contributed by atoms with E-state index in [0.29, 0.717) is 0 Å². The molecule has 2 aliphatic rings. The Morgan fingerprint density at radius 2 is 2.25 bits per heavy atom. The molecule has 0 bridgehead atoms. The monoisotopic (exact) mass is 158 g/mol. The number of hydrogen-bond donors (Lipinski definition) is 0. The number of aryl methyl sites for hydroxylation is 1. The van der Waals surface area contributed by atoms with Gasteiger partial charge in [-0.3, -0.25) is 0 Å². The second kappa shape index (κ2) is 2.25. The summed E-state index contributed by atoms with van der Waals surface area (Å²) >= 11 is 0. The molecule has 0 aromatic heterocycles. The van der Waals surface area contributed by atoms with Gasteiger partial charge in [-0.15, -0.1) is 0 Å². The van der Waals surface area contributed by atoms with Crippen LogP contribution in [0.4, 0.5) is 5.69 Å². The summed E-state index contributed by atoms with van der Waals surface area (Å²) in [5.41, 5.74) is 4.52. The lowest BCUT2D eigenvalue weighted by atomic mass is 10.0. The maximum absolute atomic E-state index is 2.49. The summed E-state index contributed by atoms with van der Waals surface area (Å²) in [6.07, 6.45) is 4.93. The van der Waals surface area contributed by atoms with E-state index >= 15 is 0 Å². The van der Waals surface area contributed by atoms with Gasteiger partial charge in [0, 0.05) is 25.2 Å². The van der Waals surface area contributed by atoms with E-state index in [9.17, 15) is 0 Å². The van der Waals surface area contributed by atoms with E-state index in [0.717, 1.165) is 6.54 Å². The number of nitrogens with zero attached hydrogens (tertiary/aromatic N) is 1. The summed E-state index contributed by atoms with van der Waals surface area (Å²) in [4.78, 5) is 2.49. The van der Waals surface area contributed by atoms with Gasteiger partial charge in [-0.05, 0) is 24.0 Å². The van der Waals surface area contributed by atoms with E-state index in [4.69, 9.17) is 0 Å². The molecular formula is C11H12N. The molecule has 0 fully saturated rings. The number of para-hydroxylation sites is 1. The average molecular weight is 158 g/mol. The van der Waals surface area contributed by atoms with Crippen molar-refractivity contribution in [3.63, 3.8) is 0 Å².